The first-order valence-electron chi connectivity index (χ1n) is 6.47. The Morgan fingerprint density at radius 1 is 1.42 bits per heavy atom. The smallest absolute Gasteiger partial charge is 0.125 e. The summed E-state index contributed by atoms with van der Waals surface area (Å²) >= 11 is 5.99. The van der Waals surface area contributed by atoms with Crippen LogP contribution in [0.1, 0.15) is 36.6 Å². The van der Waals surface area contributed by atoms with Gasteiger partial charge in [0.15, 0.2) is 0 Å². The van der Waals surface area contributed by atoms with Crippen molar-refractivity contribution in [3.8, 4) is 0 Å². The molecule has 0 unspecified atom stereocenters. The lowest BCUT2D eigenvalue weighted by molar-refractivity contribution is 0.453. The summed E-state index contributed by atoms with van der Waals surface area (Å²) in [5, 5.41) is 8.31. The first kappa shape index (κ1) is 14.2. The third-order valence-corrected chi connectivity index (χ3v) is 3.49. The molecule has 0 radical (unpaired) electrons. The molecule has 0 aliphatic rings. The van der Waals surface area contributed by atoms with Gasteiger partial charge in [0.2, 0.25) is 0 Å². The van der Waals surface area contributed by atoms with Crippen molar-refractivity contribution in [2.75, 3.05) is 0 Å². The quantitative estimate of drug-likeness (QED) is 0.914. The molecule has 2 heterocycles. The van der Waals surface area contributed by atoms with E-state index >= 15 is 0 Å². The topological polar surface area (TPSA) is 43.0 Å². The molecule has 0 spiro atoms. The van der Waals surface area contributed by atoms with Crippen LogP contribution in [-0.4, -0.2) is 15.8 Å². The molecule has 2 aromatic heterocycles. The van der Waals surface area contributed by atoms with Gasteiger partial charge in [0.05, 0.1) is 23.5 Å². The molecule has 0 aromatic carbocycles. The standard InChI is InChI=1S/C14H20ClN3O/c1-9(2)16-6-12-5-13(19-11(12)4)8-18-10(3)14(15)7-17-18/h5,7,9,16H,6,8H2,1-4H3. The van der Waals surface area contributed by atoms with Crippen LogP contribution >= 0.6 is 11.6 Å². The molecule has 104 valence electrons. The first-order chi connectivity index (χ1) is 8.97. The molecule has 0 aliphatic carbocycles. The molecular weight excluding hydrogens is 262 g/mol. The molecule has 0 aliphatic heterocycles. The van der Waals surface area contributed by atoms with Gasteiger partial charge in [0.1, 0.15) is 11.5 Å². The lowest BCUT2D eigenvalue weighted by Gasteiger charge is -2.06. The summed E-state index contributed by atoms with van der Waals surface area (Å²) in [7, 11) is 0. The normalized spacial score (nSPS) is 11.5. The summed E-state index contributed by atoms with van der Waals surface area (Å²) in [5.74, 6) is 1.86. The van der Waals surface area contributed by atoms with Crippen LogP contribution in [0.5, 0.6) is 0 Å². The first-order valence-corrected chi connectivity index (χ1v) is 6.84. The van der Waals surface area contributed by atoms with E-state index in [1.807, 2.05) is 18.5 Å². The fraction of sp³-hybridized carbons (Fsp3) is 0.500. The maximum absolute atomic E-state index is 5.99. The van der Waals surface area contributed by atoms with E-state index in [1.165, 1.54) is 5.56 Å². The van der Waals surface area contributed by atoms with Gasteiger partial charge in [-0.2, -0.15) is 5.10 Å². The number of hydrogen-bond acceptors (Lipinski definition) is 3. The number of nitrogens with zero attached hydrogens (tertiary/aromatic N) is 2. The van der Waals surface area contributed by atoms with Gasteiger partial charge < -0.3 is 9.73 Å². The lowest BCUT2D eigenvalue weighted by atomic mass is 10.2. The van der Waals surface area contributed by atoms with Crippen LogP contribution in [0, 0.1) is 13.8 Å². The van der Waals surface area contributed by atoms with Gasteiger partial charge >= 0.3 is 0 Å². The van der Waals surface area contributed by atoms with E-state index in [-0.39, 0.29) is 0 Å². The molecule has 0 saturated heterocycles. The highest BCUT2D eigenvalue weighted by Crippen LogP contribution is 2.18. The van der Waals surface area contributed by atoms with Crippen LogP contribution in [-0.2, 0) is 13.1 Å². The zero-order valence-electron chi connectivity index (χ0n) is 11.8. The third kappa shape index (κ3) is 3.39. The maximum Gasteiger partial charge on any atom is 0.125 e. The van der Waals surface area contributed by atoms with Crippen molar-refractivity contribution in [2.45, 2.75) is 46.8 Å². The Balaban J connectivity index is 2.09. The predicted octanol–water partition coefficient (Wildman–Crippen LogP) is 3.29. The average molecular weight is 282 g/mol. The zero-order valence-corrected chi connectivity index (χ0v) is 12.6. The second kappa shape index (κ2) is 5.80. The van der Waals surface area contributed by atoms with Gasteiger partial charge in [0.25, 0.3) is 0 Å². The van der Waals surface area contributed by atoms with Crippen LogP contribution in [0.25, 0.3) is 0 Å². The second-order valence-corrected chi connectivity index (χ2v) is 5.47. The van der Waals surface area contributed by atoms with Gasteiger partial charge in [-0.1, -0.05) is 25.4 Å². The Morgan fingerprint density at radius 2 is 2.16 bits per heavy atom. The number of aryl methyl sites for hydroxylation is 1. The van der Waals surface area contributed by atoms with Crippen molar-refractivity contribution in [1.29, 1.82) is 0 Å². The van der Waals surface area contributed by atoms with Crippen LogP contribution in [0.15, 0.2) is 16.7 Å². The highest BCUT2D eigenvalue weighted by atomic mass is 35.5. The zero-order chi connectivity index (χ0) is 14.0. The molecule has 2 rings (SSSR count). The Labute approximate surface area is 118 Å². The van der Waals surface area contributed by atoms with Crippen molar-refractivity contribution in [3.63, 3.8) is 0 Å². The summed E-state index contributed by atoms with van der Waals surface area (Å²) in [6.45, 7) is 9.64. The van der Waals surface area contributed by atoms with Crippen molar-refractivity contribution in [3.05, 3.63) is 40.1 Å². The number of halogens is 1. The number of aromatic nitrogens is 2. The number of nitrogens with one attached hydrogen (secondary N) is 1. The molecule has 0 bridgehead atoms. The molecule has 2 aromatic rings. The number of furan rings is 1. The molecular formula is C14H20ClN3O. The summed E-state index contributed by atoms with van der Waals surface area (Å²) in [6, 6.07) is 2.55. The largest absolute Gasteiger partial charge is 0.464 e. The van der Waals surface area contributed by atoms with E-state index in [0.717, 1.165) is 23.8 Å². The average Bonchev–Trinajstić information content (AvgIpc) is 2.84. The van der Waals surface area contributed by atoms with Crippen LogP contribution in [0.3, 0.4) is 0 Å². The monoisotopic (exact) mass is 281 g/mol. The van der Waals surface area contributed by atoms with Crippen LogP contribution < -0.4 is 5.32 Å². The minimum Gasteiger partial charge on any atom is -0.464 e. The Hall–Kier alpha value is -1.26. The number of hydrogen-bond donors (Lipinski definition) is 1. The SMILES string of the molecule is Cc1oc(Cn2ncc(Cl)c2C)cc1CNC(C)C. The molecule has 4 nitrogen and oxygen atoms in total. The van der Waals surface area contributed by atoms with Crippen molar-refractivity contribution >= 4 is 11.6 Å². The highest BCUT2D eigenvalue weighted by Gasteiger charge is 2.11. The minimum absolute atomic E-state index is 0.463. The minimum atomic E-state index is 0.463. The highest BCUT2D eigenvalue weighted by molar-refractivity contribution is 6.31. The Kier molecular flexibility index (Phi) is 4.32. The van der Waals surface area contributed by atoms with E-state index in [0.29, 0.717) is 17.6 Å². The lowest BCUT2D eigenvalue weighted by Crippen LogP contribution is -2.21. The molecule has 0 saturated carbocycles. The molecule has 5 heteroatoms. The van der Waals surface area contributed by atoms with Crippen molar-refractivity contribution < 1.29 is 4.42 Å². The van der Waals surface area contributed by atoms with E-state index in [9.17, 15) is 0 Å². The fourth-order valence-electron chi connectivity index (χ4n) is 1.89. The van der Waals surface area contributed by atoms with Crippen molar-refractivity contribution in [1.82, 2.24) is 15.1 Å². The van der Waals surface area contributed by atoms with Crippen molar-refractivity contribution in [2.24, 2.45) is 0 Å². The summed E-state index contributed by atoms with van der Waals surface area (Å²) in [4.78, 5) is 0. The predicted molar refractivity (Wildman–Crippen MR) is 76.5 cm³/mol. The van der Waals surface area contributed by atoms with E-state index in [4.69, 9.17) is 16.0 Å². The van der Waals surface area contributed by atoms with E-state index in [1.54, 1.807) is 6.20 Å². The fourth-order valence-corrected chi connectivity index (χ4v) is 2.03. The van der Waals surface area contributed by atoms with Crippen LogP contribution in [0.4, 0.5) is 0 Å². The second-order valence-electron chi connectivity index (χ2n) is 5.07. The Morgan fingerprint density at radius 3 is 2.74 bits per heavy atom. The van der Waals surface area contributed by atoms with Gasteiger partial charge in [-0.05, 0) is 19.9 Å². The molecule has 0 atom stereocenters. The van der Waals surface area contributed by atoms with E-state index < -0.39 is 0 Å². The maximum atomic E-state index is 5.99. The molecule has 0 fully saturated rings. The summed E-state index contributed by atoms with van der Waals surface area (Å²) < 4.78 is 7.62. The van der Waals surface area contributed by atoms with Gasteiger partial charge in [-0.25, -0.2) is 0 Å². The Bertz CT molecular complexity index is 557. The van der Waals surface area contributed by atoms with Gasteiger partial charge in [-0.15, -0.1) is 0 Å². The van der Waals surface area contributed by atoms with Gasteiger partial charge in [0, 0.05) is 18.2 Å². The molecule has 0 amide bonds. The van der Waals surface area contributed by atoms with Crippen LogP contribution in [0.2, 0.25) is 5.02 Å². The van der Waals surface area contributed by atoms with E-state index in [2.05, 4.69) is 30.3 Å². The number of rotatable bonds is 5. The third-order valence-electron chi connectivity index (χ3n) is 3.12. The summed E-state index contributed by atoms with van der Waals surface area (Å²) in [5.41, 5.74) is 2.15. The summed E-state index contributed by atoms with van der Waals surface area (Å²) in [6.07, 6.45) is 1.66. The molecule has 19 heavy (non-hydrogen) atoms. The molecule has 1 N–H and O–H groups in total. The van der Waals surface area contributed by atoms with Gasteiger partial charge in [-0.3, -0.25) is 4.68 Å².